The maximum atomic E-state index is 12.4. The van der Waals surface area contributed by atoms with E-state index < -0.39 is 5.63 Å². The Bertz CT molecular complexity index is 1050. The Hall–Kier alpha value is -2.90. The fourth-order valence-corrected chi connectivity index (χ4v) is 3.32. The molecule has 0 radical (unpaired) electrons. The number of rotatable bonds is 4. The number of carbonyl (C=O) groups is 1. The average molecular weight is 368 g/mol. The van der Waals surface area contributed by atoms with Gasteiger partial charge in [-0.3, -0.25) is 9.69 Å². The van der Waals surface area contributed by atoms with E-state index in [9.17, 15) is 14.7 Å². The lowest BCUT2D eigenvalue weighted by atomic mass is 10.0. The van der Waals surface area contributed by atoms with E-state index in [1.54, 1.807) is 24.3 Å². The van der Waals surface area contributed by atoms with E-state index in [4.69, 9.17) is 9.15 Å². The van der Waals surface area contributed by atoms with E-state index in [0.29, 0.717) is 33.8 Å². The van der Waals surface area contributed by atoms with Crippen LogP contribution in [0.5, 0.6) is 5.75 Å². The third kappa shape index (κ3) is 3.65. The Morgan fingerprint density at radius 2 is 1.85 bits per heavy atom. The molecule has 2 N–H and O–H groups in total. The largest absolute Gasteiger partial charge is 0.508 e. The molecule has 0 atom stereocenters. The molecule has 1 aliphatic rings. The highest BCUT2D eigenvalue weighted by Gasteiger charge is 2.13. The molecule has 7 heteroatoms. The summed E-state index contributed by atoms with van der Waals surface area (Å²) in [7, 11) is 0. The molecule has 2 heterocycles. The van der Waals surface area contributed by atoms with Crippen LogP contribution in [0.4, 0.5) is 0 Å². The minimum Gasteiger partial charge on any atom is -0.508 e. The van der Waals surface area contributed by atoms with Gasteiger partial charge in [0.05, 0.1) is 18.6 Å². The van der Waals surface area contributed by atoms with Gasteiger partial charge in [0.1, 0.15) is 11.3 Å². The van der Waals surface area contributed by atoms with Crippen molar-refractivity contribution in [1.29, 1.82) is 0 Å². The number of aromatic hydroxyl groups is 1. The lowest BCUT2D eigenvalue weighted by Crippen LogP contribution is -2.41. The van der Waals surface area contributed by atoms with E-state index in [1.807, 2.05) is 0 Å². The second-order valence-electron chi connectivity index (χ2n) is 6.54. The molecule has 2 aromatic carbocycles. The number of hydrogen-bond donors (Lipinski definition) is 2. The van der Waals surface area contributed by atoms with Crippen molar-refractivity contribution in [2.24, 2.45) is 0 Å². The van der Waals surface area contributed by atoms with Gasteiger partial charge in [-0.2, -0.15) is 0 Å². The second-order valence-corrected chi connectivity index (χ2v) is 6.54. The van der Waals surface area contributed by atoms with Gasteiger partial charge in [-0.05, 0) is 29.7 Å². The molecular formula is C20H20N2O5. The Labute approximate surface area is 155 Å². The molecule has 0 unspecified atom stereocenters. The van der Waals surface area contributed by atoms with Crippen molar-refractivity contribution in [2.75, 3.05) is 39.4 Å². The highest BCUT2D eigenvalue weighted by Crippen LogP contribution is 2.26. The Kier molecular flexibility index (Phi) is 4.79. The van der Waals surface area contributed by atoms with Gasteiger partial charge in [-0.1, -0.05) is 6.07 Å². The molecule has 3 aromatic rings. The molecule has 1 aliphatic heterocycles. The molecular weight excluding hydrogens is 348 g/mol. The summed E-state index contributed by atoms with van der Waals surface area (Å²) in [4.78, 5) is 27.0. The van der Waals surface area contributed by atoms with Crippen molar-refractivity contribution in [1.82, 2.24) is 10.2 Å². The molecule has 0 bridgehead atoms. The van der Waals surface area contributed by atoms with Gasteiger partial charge < -0.3 is 19.6 Å². The number of carbonyl (C=O) groups excluding carboxylic acids is 1. The van der Waals surface area contributed by atoms with Crippen LogP contribution >= 0.6 is 0 Å². The number of benzene rings is 2. The van der Waals surface area contributed by atoms with E-state index in [-0.39, 0.29) is 11.7 Å². The summed E-state index contributed by atoms with van der Waals surface area (Å²) in [5.41, 5.74) is 0.191. The quantitative estimate of drug-likeness (QED) is 0.538. The SMILES string of the molecule is O=C(NCCN1CCOCC1)c1ccc2c(c1)c(=O)oc1cc(O)ccc12. The van der Waals surface area contributed by atoms with Gasteiger partial charge >= 0.3 is 5.63 Å². The van der Waals surface area contributed by atoms with Crippen molar-refractivity contribution < 1.29 is 19.1 Å². The first kappa shape index (κ1) is 17.5. The molecule has 27 heavy (non-hydrogen) atoms. The van der Waals surface area contributed by atoms with Crippen molar-refractivity contribution in [2.45, 2.75) is 0 Å². The summed E-state index contributed by atoms with van der Waals surface area (Å²) in [6.07, 6.45) is 0. The van der Waals surface area contributed by atoms with Gasteiger partial charge in [-0.15, -0.1) is 0 Å². The van der Waals surface area contributed by atoms with E-state index in [2.05, 4.69) is 10.2 Å². The molecule has 4 rings (SSSR count). The molecule has 1 aromatic heterocycles. The zero-order valence-electron chi connectivity index (χ0n) is 14.7. The van der Waals surface area contributed by atoms with Crippen LogP contribution in [-0.2, 0) is 4.74 Å². The Morgan fingerprint density at radius 1 is 1.07 bits per heavy atom. The Morgan fingerprint density at radius 3 is 2.67 bits per heavy atom. The molecule has 1 saturated heterocycles. The zero-order chi connectivity index (χ0) is 18.8. The van der Waals surface area contributed by atoms with E-state index >= 15 is 0 Å². The van der Waals surface area contributed by atoms with Crippen LogP contribution in [0.3, 0.4) is 0 Å². The van der Waals surface area contributed by atoms with Crippen LogP contribution in [0.1, 0.15) is 10.4 Å². The maximum absolute atomic E-state index is 12.4. The lowest BCUT2D eigenvalue weighted by Gasteiger charge is -2.26. The number of nitrogens with one attached hydrogen (secondary N) is 1. The summed E-state index contributed by atoms with van der Waals surface area (Å²) in [6, 6.07) is 9.62. The van der Waals surface area contributed by atoms with Crippen molar-refractivity contribution >= 4 is 27.6 Å². The standard InChI is InChI=1S/C20H20N2O5/c23-14-2-4-16-15-3-1-13(11-17(15)20(25)27-18(16)12-14)19(24)21-5-6-22-7-9-26-10-8-22/h1-4,11-12,23H,5-10H2,(H,21,24). The van der Waals surface area contributed by atoms with Crippen LogP contribution in [0.25, 0.3) is 21.7 Å². The predicted molar refractivity (Wildman–Crippen MR) is 101 cm³/mol. The molecule has 0 saturated carbocycles. The number of fused-ring (bicyclic) bond motifs is 3. The summed E-state index contributed by atoms with van der Waals surface area (Å²) < 4.78 is 10.6. The van der Waals surface area contributed by atoms with Gasteiger partial charge in [0, 0.05) is 43.2 Å². The molecule has 0 aliphatic carbocycles. The van der Waals surface area contributed by atoms with Crippen molar-refractivity contribution in [3.63, 3.8) is 0 Å². The average Bonchev–Trinajstić information content (AvgIpc) is 2.68. The second kappa shape index (κ2) is 7.38. The number of hydrogen-bond acceptors (Lipinski definition) is 6. The summed E-state index contributed by atoms with van der Waals surface area (Å²) in [6.45, 7) is 4.48. The van der Waals surface area contributed by atoms with Crippen LogP contribution < -0.4 is 10.9 Å². The monoisotopic (exact) mass is 368 g/mol. The van der Waals surface area contributed by atoms with Crippen LogP contribution in [-0.4, -0.2) is 55.3 Å². The number of amides is 1. The molecule has 7 nitrogen and oxygen atoms in total. The fourth-order valence-electron chi connectivity index (χ4n) is 3.32. The third-order valence-electron chi connectivity index (χ3n) is 4.78. The first-order chi connectivity index (χ1) is 13.1. The molecule has 0 spiro atoms. The number of nitrogens with zero attached hydrogens (tertiary/aromatic N) is 1. The molecule has 1 amide bonds. The van der Waals surface area contributed by atoms with Crippen molar-refractivity contribution in [3.8, 4) is 5.75 Å². The summed E-state index contributed by atoms with van der Waals surface area (Å²) >= 11 is 0. The molecule has 1 fully saturated rings. The zero-order valence-corrected chi connectivity index (χ0v) is 14.7. The smallest absolute Gasteiger partial charge is 0.344 e. The summed E-state index contributed by atoms with van der Waals surface area (Å²) in [5.74, 6) is -0.198. The third-order valence-corrected chi connectivity index (χ3v) is 4.78. The van der Waals surface area contributed by atoms with Crippen LogP contribution in [0, 0.1) is 0 Å². The first-order valence-corrected chi connectivity index (χ1v) is 8.90. The lowest BCUT2D eigenvalue weighted by molar-refractivity contribution is 0.0383. The van der Waals surface area contributed by atoms with Gasteiger partial charge in [0.2, 0.25) is 0 Å². The van der Waals surface area contributed by atoms with Crippen molar-refractivity contribution in [3.05, 3.63) is 52.4 Å². The van der Waals surface area contributed by atoms with Gasteiger partial charge in [-0.25, -0.2) is 4.79 Å². The predicted octanol–water partition coefficient (Wildman–Crippen LogP) is 1.71. The number of morpholine rings is 1. The first-order valence-electron chi connectivity index (χ1n) is 8.90. The number of phenols is 1. The normalized spacial score (nSPS) is 15.3. The maximum Gasteiger partial charge on any atom is 0.344 e. The van der Waals surface area contributed by atoms with E-state index in [1.165, 1.54) is 12.1 Å². The Balaban J connectivity index is 1.54. The fraction of sp³-hybridized carbons (Fsp3) is 0.300. The molecule has 140 valence electrons. The van der Waals surface area contributed by atoms with Gasteiger partial charge in [0.15, 0.2) is 0 Å². The highest BCUT2D eigenvalue weighted by molar-refractivity contribution is 6.07. The summed E-state index contributed by atoms with van der Waals surface area (Å²) in [5, 5.41) is 14.2. The number of ether oxygens (including phenoxy) is 1. The minimum atomic E-state index is -0.536. The van der Waals surface area contributed by atoms with E-state index in [0.717, 1.165) is 32.8 Å². The minimum absolute atomic E-state index is 0.0289. The van der Waals surface area contributed by atoms with Crippen LogP contribution in [0.2, 0.25) is 0 Å². The topological polar surface area (TPSA) is 92.0 Å². The van der Waals surface area contributed by atoms with Crippen LogP contribution in [0.15, 0.2) is 45.6 Å². The number of phenolic OH excluding ortho intramolecular Hbond substituents is 1. The highest BCUT2D eigenvalue weighted by atomic mass is 16.5. The van der Waals surface area contributed by atoms with Gasteiger partial charge in [0.25, 0.3) is 5.91 Å².